The second kappa shape index (κ2) is 3.98. The van der Waals surface area contributed by atoms with Crippen LogP contribution in [0.5, 0.6) is 5.75 Å². The standard InChI is InChI=1S/C11H8ClNO3/c1-16-9-4-2-3-6-7(9)5-8(11(14)15)13-10(6)12/h2-5H,1H3,(H,14,15). The number of carbonyl (C=O) groups is 1. The molecule has 0 bridgehead atoms. The van der Waals surface area contributed by atoms with Gasteiger partial charge in [0.15, 0.2) is 5.69 Å². The summed E-state index contributed by atoms with van der Waals surface area (Å²) < 4.78 is 5.14. The monoisotopic (exact) mass is 237 g/mol. The zero-order chi connectivity index (χ0) is 11.7. The summed E-state index contributed by atoms with van der Waals surface area (Å²) >= 11 is 5.91. The molecule has 5 heteroatoms. The predicted molar refractivity (Wildman–Crippen MR) is 60.3 cm³/mol. The van der Waals surface area contributed by atoms with Crippen LogP contribution < -0.4 is 4.74 Å². The number of aromatic carboxylic acids is 1. The van der Waals surface area contributed by atoms with E-state index in [2.05, 4.69) is 4.98 Å². The molecule has 0 spiro atoms. The normalized spacial score (nSPS) is 10.4. The van der Waals surface area contributed by atoms with Crippen LogP contribution >= 0.6 is 11.6 Å². The Morgan fingerprint density at radius 3 is 2.81 bits per heavy atom. The Balaban J connectivity index is 2.82. The molecule has 1 heterocycles. The van der Waals surface area contributed by atoms with Crippen LogP contribution in [0.15, 0.2) is 24.3 Å². The van der Waals surface area contributed by atoms with Gasteiger partial charge in [-0.05, 0) is 12.1 Å². The molecule has 0 saturated carbocycles. The van der Waals surface area contributed by atoms with Gasteiger partial charge in [0.2, 0.25) is 0 Å². The highest BCUT2D eigenvalue weighted by Gasteiger charge is 2.12. The van der Waals surface area contributed by atoms with Crippen LogP contribution in [-0.4, -0.2) is 23.2 Å². The number of halogens is 1. The second-order valence-corrected chi connectivity index (χ2v) is 3.52. The number of rotatable bonds is 2. The van der Waals surface area contributed by atoms with Gasteiger partial charge < -0.3 is 9.84 Å². The summed E-state index contributed by atoms with van der Waals surface area (Å²) in [4.78, 5) is 14.6. The van der Waals surface area contributed by atoms with Crippen molar-refractivity contribution in [3.05, 3.63) is 35.1 Å². The third-order valence-corrected chi connectivity index (χ3v) is 2.52. The lowest BCUT2D eigenvalue weighted by Gasteiger charge is -2.06. The molecule has 82 valence electrons. The quantitative estimate of drug-likeness (QED) is 0.816. The number of carboxylic acid groups (broad SMARTS) is 1. The molecule has 0 amide bonds. The summed E-state index contributed by atoms with van der Waals surface area (Å²) in [6, 6.07) is 6.72. The van der Waals surface area contributed by atoms with Crippen molar-refractivity contribution in [2.45, 2.75) is 0 Å². The highest BCUT2D eigenvalue weighted by Crippen LogP contribution is 2.30. The molecule has 2 rings (SSSR count). The van der Waals surface area contributed by atoms with E-state index in [1.807, 2.05) is 0 Å². The van der Waals surface area contributed by atoms with E-state index in [1.165, 1.54) is 13.2 Å². The number of hydrogen-bond donors (Lipinski definition) is 1. The Hall–Kier alpha value is -1.81. The zero-order valence-electron chi connectivity index (χ0n) is 8.40. The first-order chi connectivity index (χ1) is 7.63. The average molecular weight is 238 g/mol. The maximum atomic E-state index is 10.8. The summed E-state index contributed by atoms with van der Waals surface area (Å²) in [6.45, 7) is 0. The lowest BCUT2D eigenvalue weighted by atomic mass is 10.1. The zero-order valence-corrected chi connectivity index (χ0v) is 9.15. The molecular weight excluding hydrogens is 230 g/mol. The highest BCUT2D eigenvalue weighted by molar-refractivity contribution is 6.34. The molecule has 0 radical (unpaired) electrons. The van der Waals surface area contributed by atoms with E-state index >= 15 is 0 Å². The summed E-state index contributed by atoms with van der Waals surface area (Å²) in [5, 5.41) is 10.3. The number of pyridine rings is 1. The van der Waals surface area contributed by atoms with E-state index in [0.717, 1.165) is 0 Å². The van der Waals surface area contributed by atoms with Gasteiger partial charge in [-0.3, -0.25) is 0 Å². The fraction of sp³-hybridized carbons (Fsp3) is 0.0909. The molecule has 0 unspecified atom stereocenters. The number of aromatic nitrogens is 1. The predicted octanol–water partition coefficient (Wildman–Crippen LogP) is 2.60. The van der Waals surface area contributed by atoms with Crippen LogP contribution in [0.2, 0.25) is 5.15 Å². The van der Waals surface area contributed by atoms with E-state index in [4.69, 9.17) is 21.4 Å². The molecule has 0 fully saturated rings. The Labute approximate surface area is 96.4 Å². The van der Waals surface area contributed by atoms with Gasteiger partial charge in [0.05, 0.1) is 7.11 Å². The number of carboxylic acids is 1. The fourth-order valence-electron chi connectivity index (χ4n) is 1.50. The molecule has 1 aromatic carbocycles. The van der Waals surface area contributed by atoms with Crippen molar-refractivity contribution in [1.29, 1.82) is 0 Å². The summed E-state index contributed by atoms with van der Waals surface area (Å²) in [5.41, 5.74) is -0.0954. The first-order valence-corrected chi connectivity index (χ1v) is 4.88. The maximum absolute atomic E-state index is 10.8. The topological polar surface area (TPSA) is 59.4 Å². The number of benzene rings is 1. The van der Waals surface area contributed by atoms with E-state index in [9.17, 15) is 4.79 Å². The molecular formula is C11H8ClNO3. The molecule has 0 aliphatic carbocycles. The summed E-state index contributed by atoms with van der Waals surface area (Å²) in [7, 11) is 1.52. The Bertz CT molecular complexity index is 568. The lowest BCUT2D eigenvalue weighted by molar-refractivity contribution is 0.0691. The van der Waals surface area contributed by atoms with Crippen LogP contribution in [0.25, 0.3) is 10.8 Å². The van der Waals surface area contributed by atoms with Crippen LogP contribution in [0, 0.1) is 0 Å². The van der Waals surface area contributed by atoms with Gasteiger partial charge in [-0.15, -0.1) is 0 Å². The van der Waals surface area contributed by atoms with Crippen molar-refractivity contribution in [3.63, 3.8) is 0 Å². The molecule has 0 saturated heterocycles. The first kappa shape index (κ1) is 10.7. The van der Waals surface area contributed by atoms with E-state index in [1.54, 1.807) is 18.2 Å². The van der Waals surface area contributed by atoms with Gasteiger partial charge >= 0.3 is 5.97 Å². The number of nitrogens with zero attached hydrogens (tertiary/aromatic N) is 1. The van der Waals surface area contributed by atoms with Crippen LogP contribution in [0.1, 0.15) is 10.5 Å². The minimum absolute atomic E-state index is 0.0954. The third kappa shape index (κ3) is 1.67. The van der Waals surface area contributed by atoms with Gasteiger partial charge in [-0.25, -0.2) is 9.78 Å². The van der Waals surface area contributed by atoms with E-state index in [-0.39, 0.29) is 10.8 Å². The second-order valence-electron chi connectivity index (χ2n) is 3.16. The number of hydrogen-bond acceptors (Lipinski definition) is 3. The minimum atomic E-state index is -1.12. The van der Waals surface area contributed by atoms with Crippen molar-refractivity contribution in [2.75, 3.05) is 7.11 Å². The number of methoxy groups -OCH3 is 1. The van der Waals surface area contributed by atoms with E-state index < -0.39 is 5.97 Å². The average Bonchev–Trinajstić information content (AvgIpc) is 2.28. The van der Waals surface area contributed by atoms with Crippen molar-refractivity contribution in [3.8, 4) is 5.75 Å². The van der Waals surface area contributed by atoms with Crippen molar-refractivity contribution in [2.24, 2.45) is 0 Å². The molecule has 0 atom stereocenters. The summed E-state index contributed by atoms with van der Waals surface area (Å²) in [6.07, 6.45) is 0. The molecule has 0 aliphatic heterocycles. The SMILES string of the molecule is COc1cccc2c(Cl)nc(C(=O)O)cc12. The Kier molecular flexibility index (Phi) is 2.66. The van der Waals surface area contributed by atoms with Crippen molar-refractivity contribution >= 4 is 28.3 Å². The molecule has 1 N–H and O–H groups in total. The highest BCUT2D eigenvalue weighted by atomic mass is 35.5. The molecule has 0 aliphatic rings. The number of fused-ring (bicyclic) bond motifs is 1. The minimum Gasteiger partial charge on any atom is -0.496 e. The first-order valence-electron chi connectivity index (χ1n) is 4.50. The van der Waals surface area contributed by atoms with Gasteiger partial charge in [0.1, 0.15) is 10.9 Å². The van der Waals surface area contributed by atoms with Gasteiger partial charge in [-0.1, -0.05) is 23.7 Å². The van der Waals surface area contributed by atoms with E-state index in [0.29, 0.717) is 16.5 Å². The van der Waals surface area contributed by atoms with Gasteiger partial charge in [0, 0.05) is 10.8 Å². The third-order valence-electron chi connectivity index (χ3n) is 2.23. The van der Waals surface area contributed by atoms with Gasteiger partial charge in [0.25, 0.3) is 0 Å². The number of ether oxygens (including phenoxy) is 1. The van der Waals surface area contributed by atoms with Crippen LogP contribution in [-0.2, 0) is 0 Å². The summed E-state index contributed by atoms with van der Waals surface area (Å²) in [5.74, 6) is -0.543. The van der Waals surface area contributed by atoms with Crippen LogP contribution in [0.4, 0.5) is 0 Å². The maximum Gasteiger partial charge on any atom is 0.354 e. The Morgan fingerprint density at radius 2 is 2.19 bits per heavy atom. The van der Waals surface area contributed by atoms with Crippen LogP contribution in [0.3, 0.4) is 0 Å². The smallest absolute Gasteiger partial charge is 0.354 e. The fourth-order valence-corrected chi connectivity index (χ4v) is 1.75. The Morgan fingerprint density at radius 1 is 1.44 bits per heavy atom. The van der Waals surface area contributed by atoms with Crippen molar-refractivity contribution < 1.29 is 14.6 Å². The molecule has 2 aromatic rings. The lowest BCUT2D eigenvalue weighted by Crippen LogP contribution is -2.00. The molecule has 16 heavy (non-hydrogen) atoms. The molecule has 1 aromatic heterocycles. The van der Waals surface area contributed by atoms with Crippen molar-refractivity contribution in [1.82, 2.24) is 4.98 Å². The molecule has 4 nitrogen and oxygen atoms in total. The largest absolute Gasteiger partial charge is 0.496 e. The van der Waals surface area contributed by atoms with Gasteiger partial charge in [-0.2, -0.15) is 0 Å².